The maximum atomic E-state index is 2.44. The summed E-state index contributed by atoms with van der Waals surface area (Å²) in [6, 6.07) is 82.1. The van der Waals surface area contributed by atoms with E-state index in [0.717, 1.165) is 0 Å². The van der Waals surface area contributed by atoms with Crippen LogP contribution < -0.4 is 0 Å². The molecule has 0 N–H and O–H groups in total. The lowest BCUT2D eigenvalue weighted by molar-refractivity contribution is 1.47. The van der Waals surface area contributed by atoms with Gasteiger partial charge >= 0.3 is 0 Å². The van der Waals surface area contributed by atoms with Gasteiger partial charge in [-0.2, -0.15) is 0 Å². The third-order valence-electron chi connectivity index (χ3n) is 12.5. The van der Waals surface area contributed by atoms with Gasteiger partial charge in [-0.3, -0.25) is 0 Å². The van der Waals surface area contributed by atoms with Crippen molar-refractivity contribution in [1.29, 1.82) is 0 Å². The topological polar surface area (TPSA) is 0 Å². The quantitative estimate of drug-likeness (QED) is 0.106. The van der Waals surface area contributed by atoms with Crippen molar-refractivity contribution in [2.45, 2.75) is 6.92 Å². The molecule has 11 aromatic rings. The summed E-state index contributed by atoms with van der Waals surface area (Å²) >= 11 is 0. The molecule has 11 aromatic carbocycles. The van der Waals surface area contributed by atoms with E-state index in [0.29, 0.717) is 0 Å². The van der Waals surface area contributed by atoms with Gasteiger partial charge in [0, 0.05) is 0 Å². The Morgan fingerprint density at radius 3 is 0.746 bits per heavy atom. The zero-order valence-corrected chi connectivity index (χ0v) is 35.2. The van der Waals surface area contributed by atoms with Crippen molar-refractivity contribution in [3.8, 4) is 44.5 Å². The molecule has 0 heterocycles. The molecule has 0 aliphatic carbocycles. The molecule has 0 radical (unpaired) electrons. The minimum absolute atomic E-state index is 1.18. The highest BCUT2D eigenvalue weighted by Crippen LogP contribution is 2.47. The molecule has 296 valence electrons. The van der Waals surface area contributed by atoms with E-state index in [2.05, 4.69) is 256 Å². The Kier molecular flexibility index (Phi) is 9.88. The Labute approximate surface area is 369 Å². The first kappa shape index (κ1) is 37.9. The number of benzene rings is 11. The second-order valence-corrected chi connectivity index (χ2v) is 16.5. The summed E-state index contributed by atoms with van der Waals surface area (Å²) in [6.45, 7) is 2.24. The summed E-state index contributed by atoms with van der Waals surface area (Å²) in [4.78, 5) is 0. The molecule has 0 heteroatoms. The van der Waals surface area contributed by atoms with E-state index in [1.54, 1.807) is 0 Å². The van der Waals surface area contributed by atoms with Crippen LogP contribution in [-0.2, 0) is 0 Å². The predicted molar refractivity (Wildman–Crippen MR) is 274 cm³/mol. The molecule has 0 unspecified atom stereocenters. The summed E-state index contributed by atoms with van der Waals surface area (Å²) < 4.78 is 0. The molecule has 0 aliphatic rings. The molecular weight excluding hydrogens is 757 g/mol. The Hall–Kier alpha value is -8.06. The maximum Gasteiger partial charge on any atom is -0.00261 e. The van der Waals surface area contributed by atoms with Crippen LogP contribution in [0, 0.1) is 6.92 Å². The molecule has 0 fully saturated rings. The van der Waals surface area contributed by atoms with E-state index in [1.165, 1.54) is 115 Å². The number of hydrogen-bond donors (Lipinski definition) is 0. The highest BCUT2D eigenvalue weighted by molar-refractivity contribution is 6.23. The minimum Gasteiger partial charge on any atom is -0.0622 e. The smallest absolute Gasteiger partial charge is 0.00261 e. The normalized spacial score (nSPS) is 11.8. The van der Waals surface area contributed by atoms with Crippen LogP contribution in [0.5, 0.6) is 0 Å². The molecule has 0 aromatic heterocycles. The van der Waals surface area contributed by atoms with E-state index in [4.69, 9.17) is 0 Å². The standard InChI is InChI=1S/C63H44/c1-43-40-50(62-56-24-12-8-20-52(56)60(53-21-9-13-25-57(53)62)48-36-32-46(33-37-48)30-28-44-16-4-2-5-17-44)42-51(41-43)63-58-26-14-10-22-54(58)61(55-23-11-15-27-59(55)63)49-38-34-47(35-39-49)31-29-45-18-6-3-7-19-45/h2-42H,1H3. The van der Waals surface area contributed by atoms with Crippen LogP contribution in [0.25, 0.3) is 112 Å². The first-order valence-electron chi connectivity index (χ1n) is 21.8. The molecule has 0 saturated carbocycles. The zero-order chi connectivity index (χ0) is 42.1. The molecule has 63 heavy (non-hydrogen) atoms. The van der Waals surface area contributed by atoms with Crippen molar-refractivity contribution >= 4 is 67.4 Å². The summed E-state index contributed by atoms with van der Waals surface area (Å²) in [6.07, 6.45) is 8.73. The number of aryl methyl sites for hydroxylation is 1. The van der Waals surface area contributed by atoms with Crippen molar-refractivity contribution in [2.75, 3.05) is 0 Å². The van der Waals surface area contributed by atoms with Crippen molar-refractivity contribution in [3.05, 3.63) is 252 Å². The second-order valence-electron chi connectivity index (χ2n) is 16.5. The average molecular weight is 801 g/mol. The van der Waals surface area contributed by atoms with Crippen LogP contribution in [0.15, 0.2) is 224 Å². The van der Waals surface area contributed by atoms with Crippen molar-refractivity contribution in [1.82, 2.24) is 0 Å². The molecule has 0 spiro atoms. The summed E-state index contributed by atoms with van der Waals surface area (Å²) in [5, 5.41) is 10.0. The highest BCUT2D eigenvalue weighted by Gasteiger charge is 2.20. The van der Waals surface area contributed by atoms with Crippen LogP contribution in [0.4, 0.5) is 0 Å². The molecule has 0 saturated heterocycles. The monoisotopic (exact) mass is 800 g/mol. The fraction of sp³-hybridized carbons (Fsp3) is 0.0159. The fourth-order valence-corrected chi connectivity index (χ4v) is 9.61. The van der Waals surface area contributed by atoms with Crippen molar-refractivity contribution < 1.29 is 0 Å². The van der Waals surface area contributed by atoms with Crippen LogP contribution >= 0.6 is 0 Å². The molecule has 0 aliphatic heterocycles. The van der Waals surface area contributed by atoms with E-state index in [1.807, 2.05) is 0 Å². The van der Waals surface area contributed by atoms with Gasteiger partial charge in [-0.15, -0.1) is 0 Å². The maximum absolute atomic E-state index is 2.44. The summed E-state index contributed by atoms with van der Waals surface area (Å²) in [5.74, 6) is 0. The fourth-order valence-electron chi connectivity index (χ4n) is 9.61. The largest absolute Gasteiger partial charge is 0.0622 e. The number of hydrogen-bond acceptors (Lipinski definition) is 0. The molecular formula is C63H44. The average Bonchev–Trinajstić information content (AvgIpc) is 3.34. The van der Waals surface area contributed by atoms with Gasteiger partial charge in [0.1, 0.15) is 0 Å². The Morgan fingerprint density at radius 2 is 0.460 bits per heavy atom. The SMILES string of the molecule is Cc1cc(-c2c3ccccc3c(-c3ccc(C=Cc4ccccc4)cc3)c3ccccc23)cc(-c2c3ccccc3c(-c3ccc(C=Cc4ccccc4)cc3)c3ccccc23)c1. The van der Waals surface area contributed by atoms with Gasteiger partial charge in [-0.05, 0) is 128 Å². The van der Waals surface area contributed by atoms with Gasteiger partial charge in [0.2, 0.25) is 0 Å². The second kappa shape index (κ2) is 16.4. The van der Waals surface area contributed by atoms with Crippen molar-refractivity contribution in [3.63, 3.8) is 0 Å². The third-order valence-corrected chi connectivity index (χ3v) is 12.5. The molecule has 0 amide bonds. The van der Waals surface area contributed by atoms with Crippen LogP contribution in [0.2, 0.25) is 0 Å². The van der Waals surface area contributed by atoms with Crippen LogP contribution in [0.1, 0.15) is 27.8 Å². The predicted octanol–water partition coefficient (Wildman–Crippen LogP) is 17.6. The van der Waals surface area contributed by atoms with E-state index < -0.39 is 0 Å². The summed E-state index contributed by atoms with van der Waals surface area (Å²) in [5.41, 5.74) is 15.9. The Bertz CT molecular complexity index is 3170. The van der Waals surface area contributed by atoms with E-state index >= 15 is 0 Å². The first-order chi connectivity index (χ1) is 31.2. The molecule has 11 rings (SSSR count). The van der Waals surface area contributed by atoms with Gasteiger partial charge in [-0.25, -0.2) is 0 Å². The van der Waals surface area contributed by atoms with Gasteiger partial charge in [0.15, 0.2) is 0 Å². The molecule has 0 atom stereocenters. The van der Waals surface area contributed by atoms with Crippen LogP contribution in [0.3, 0.4) is 0 Å². The number of rotatable bonds is 8. The van der Waals surface area contributed by atoms with Gasteiger partial charge in [0.05, 0.1) is 0 Å². The molecule has 0 bridgehead atoms. The Morgan fingerprint density at radius 1 is 0.222 bits per heavy atom. The lowest BCUT2D eigenvalue weighted by atomic mass is 9.83. The highest BCUT2D eigenvalue weighted by atomic mass is 14.2. The van der Waals surface area contributed by atoms with Gasteiger partial charge in [-0.1, -0.05) is 243 Å². The van der Waals surface area contributed by atoms with E-state index in [9.17, 15) is 0 Å². The Balaban J connectivity index is 1.05. The number of fused-ring (bicyclic) bond motifs is 4. The van der Waals surface area contributed by atoms with Crippen LogP contribution in [-0.4, -0.2) is 0 Å². The first-order valence-corrected chi connectivity index (χ1v) is 21.8. The summed E-state index contributed by atoms with van der Waals surface area (Å²) in [7, 11) is 0. The third kappa shape index (κ3) is 7.22. The zero-order valence-electron chi connectivity index (χ0n) is 35.2. The lowest BCUT2D eigenvalue weighted by Gasteiger charge is -2.20. The van der Waals surface area contributed by atoms with Gasteiger partial charge in [0.25, 0.3) is 0 Å². The van der Waals surface area contributed by atoms with Gasteiger partial charge < -0.3 is 0 Å². The van der Waals surface area contributed by atoms with Crippen molar-refractivity contribution in [2.24, 2.45) is 0 Å². The van der Waals surface area contributed by atoms with E-state index in [-0.39, 0.29) is 0 Å². The minimum atomic E-state index is 1.18. The molecule has 0 nitrogen and oxygen atoms in total. The lowest BCUT2D eigenvalue weighted by Crippen LogP contribution is -1.94.